The number of methoxy groups -OCH3 is 1. The third-order valence-electron chi connectivity index (χ3n) is 2.37. The van der Waals surface area contributed by atoms with Crippen molar-refractivity contribution < 1.29 is 14.3 Å². The maximum atomic E-state index is 11.5. The van der Waals surface area contributed by atoms with Crippen molar-refractivity contribution in [2.75, 3.05) is 12.4 Å². The minimum absolute atomic E-state index is 0.0181. The number of rotatable bonds is 4. The van der Waals surface area contributed by atoms with Crippen LogP contribution < -0.4 is 10.6 Å². The maximum absolute atomic E-state index is 11.5. The van der Waals surface area contributed by atoms with Crippen molar-refractivity contribution in [3.63, 3.8) is 0 Å². The van der Waals surface area contributed by atoms with Gasteiger partial charge in [-0.15, -0.1) is 0 Å². The predicted molar refractivity (Wildman–Crippen MR) is 69.2 cm³/mol. The first kappa shape index (κ1) is 14.0. The highest BCUT2D eigenvalue weighted by molar-refractivity contribution is 5.92. The highest BCUT2D eigenvalue weighted by Gasteiger charge is 2.06. The van der Waals surface area contributed by atoms with E-state index in [4.69, 9.17) is 0 Å². The fourth-order valence-electron chi connectivity index (χ4n) is 1.24. The summed E-state index contributed by atoms with van der Waals surface area (Å²) in [6.45, 7) is 4.07. The smallest absolute Gasteiger partial charge is 0.407 e. The summed E-state index contributed by atoms with van der Waals surface area (Å²) in [5, 5.41) is 5.37. The average Bonchev–Trinajstić information content (AvgIpc) is 2.37. The third kappa shape index (κ3) is 4.45. The normalized spacial score (nSPS) is 10.0. The van der Waals surface area contributed by atoms with Gasteiger partial charge in [-0.05, 0) is 17.7 Å². The molecule has 0 heterocycles. The zero-order valence-corrected chi connectivity index (χ0v) is 10.8. The number of alkyl carbamates (subject to hydrolysis) is 1. The van der Waals surface area contributed by atoms with Gasteiger partial charge in [-0.3, -0.25) is 4.79 Å². The summed E-state index contributed by atoms with van der Waals surface area (Å²) in [7, 11) is 1.32. The topological polar surface area (TPSA) is 67.4 Å². The third-order valence-corrected chi connectivity index (χ3v) is 2.37. The van der Waals surface area contributed by atoms with Crippen LogP contribution in [0.15, 0.2) is 24.3 Å². The molecule has 1 rings (SSSR count). The number of amides is 2. The molecule has 1 aromatic carbocycles. The molecule has 0 fully saturated rings. The molecular weight excluding hydrogens is 232 g/mol. The highest BCUT2D eigenvalue weighted by atomic mass is 16.5. The van der Waals surface area contributed by atoms with E-state index in [9.17, 15) is 9.59 Å². The second-order valence-corrected chi connectivity index (χ2v) is 4.19. The number of hydrogen-bond acceptors (Lipinski definition) is 3. The van der Waals surface area contributed by atoms with Crippen LogP contribution in [0, 0.1) is 5.92 Å². The summed E-state index contributed by atoms with van der Waals surface area (Å²) >= 11 is 0. The summed E-state index contributed by atoms with van der Waals surface area (Å²) in [5.41, 5.74) is 1.68. The van der Waals surface area contributed by atoms with Gasteiger partial charge in [0.1, 0.15) is 0 Å². The minimum Gasteiger partial charge on any atom is -0.453 e. The highest BCUT2D eigenvalue weighted by Crippen LogP contribution is 2.10. The van der Waals surface area contributed by atoms with Gasteiger partial charge in [0.2, 0.25) is 5.91 Å². The second kappa shape index (κ2) is 6.64. The molecule has 0 spiro atoms. The Morgan fingerprint density at radius 1 is 1.22 bits per heavy atom. The summed E-state index contributed by atoms with van der Waals surface area (Å²) in [6.07, 6.45) is -0.466. The van der Waals surface area contributed by atoms with Crippen molar-refractivity contribution >= 4 is 17.7 Å². The van der Waals surface area contributed by atoms with Gasteiger partial charge in [-0.25, -0.2) is 4.79 Å². The Balaban J connectivity index is 2.52. The quantitative estimate of drug-likeness (QED) is 0.860. The van der Waals surface area contributed by atoms with Crippen LogP contribution in [0.2, 0.25) is 0 Å². The van der Waals surface area contributed by atoms with Gasteiger partial charge < -0.3 is 15.4 Å². The van der Waals surface area contributed by atoms with Crippen molar-refractivity contribution in [1.82, 2.24) is 5.32 Å². The van der Waals surface area contributed by atoms with E-state index >= 15 is 0 Å². The molecule has 5 nitrogen and oxygen atoms in total. The molecule has 2 N–H and O–H groups in total. The molecular formula is C13H18N2O3. The molecule has 5 heteroatoms. The largest absolute Gasteiger partial charge is 0.453 e. The number of anilines is 1. The molecule has 0 saturated heterocycles. The van der Waals surface area contributed by atoms with Crippen molar-refractivity contribution in [3.05, 3.63) is 29.8 Å². The van der Waals surface area contributed by atoms with E-state index in [-0.39, 0.29) is 11.8 Å². The van der Waals surface area contributed by atoms with E-state index < -0.39 is 6.09 Å². The van der Waals surface area contributed by atoms with Crippen molar-refractivity contribution in [2.24, 2.45) is 5.92 Å². The van der Waals surface area contributed by atoms with E-state index in [0.717, 1.165) is 11.3 Å². The number of nitrogens with one attached hydrogen (secondary N) is 2. The Morgan fingerprint density at radius 2 is 1.83 bits per heavy atom. The lowest BCUT2D eigenvalue weighted by molar-refractivity contribution is -0.118. The van der Waals surface area contributed by atoms with Gasteiger partial charge in [0.05, 0.1) is 7.11 Å². The van der Waals surface area contributed by atoms with Crippen molar-refractivity contribution in [1.29, 1.82) is 0 Å². The maximum Gasteiger partial charge on any atom is 0.407 e. The van der Waals surface area contributed by atoms with Gasteiger partial charge in [0.15, 0.2) is 0 Å². The number of carbonyl (C=O) groups excluding carboxylic acids is 2. The molecule has 0 atom stereocenters. The van der Waals surface area contributed by atoms with Gasteiger partial charge in [-0.2, -0.15) is 0 Å². The Morgan fingerprint density at radius 3 is 2.33 bits per heavy atom. The summed E-state index contributed by atoms with van der Waals surface area (Å²) < 4.78 is 4.47. The van der Waals surface area contributed by atoms with Crippen molar-refractivity contribution in [2.45, 2.75) is 20.4 Å². The van der Waals surface area contributed by atoms with Crippen LogP contribution in [-0.4, -0.2) is 19.1 Å². The SMILES string of the molecule is COC(=O)NCc1ccc(NC(=O)C(C)C)cc1. The molecule has 0 saturated carbocycles. The average molecular weight is 250 g/mol. The van der Waals surface area contributed by atoms with Crippen LogP contribution in [0.25, 0.3) is 0 Å². The fourth-order valence-corrected chi connectivity index (χ4v) is 1.24. The number of benzene rings is 1. The Kier molecular flexibility index (Phi) is 5.17. The molecule has 0 aromatic heterocycles. The first-order chi connectivity index (χ1) is 8.52. The van der Waals surface area contributed by atoms with Crippen LogP contribution in [0.4, 0.5) is 10.5 Å². The van der Waals surface area contributed by atoms with Gasteiger partial charge in [0, 0.05) is 18.2 Å². The van der Waals surface area contributed by atoms with Crippen LogP contribution in [-0.2, 0) is 16.1 Å². The van der Waals surface area contributed by atoms with E-state index in [0.29, 0.717) is 6.54 Å². The number of ether oxygens (including phenoxy) is 1. The van der Waals surface area contributed by atoms with E-state index in [1.807, 2.05) is 26.0 Å². The minimum atomic E-state index is -0.466. The lowest BCUT2D eigenvalue weighted by Gasteiger charge is -2.08. The Hall–Kier alpha value is -2.04. The van der Waals surface area contributed by atoms with E-state index in [1.165, 1.54) is 7.11 Å². The lowest BCUT2D eigenvalue weighted by atomic mass is 10.1. The van der Waals surface area contributed by atoms with Gasteiger partial charge in [0.25, 0.3) is 0 Å². The second-order valence-electron chi connectivity index (χ2n) is 4.19. The Bertz CT molecular complexity index is 413. The van der Waals surface area contributed by atoms with E-state index in [2.05, 4.69) is 15.4 Å². The standard InChI is InChI=1S/C13H18N2O3/c1-9(2)12(16)15-11-6-4-10(5-7-11)8-14-13(17)18-3/h4-7,9H,8H2,1-3H3,(H,14,17)(H,15,16). The molecule has 18 heavy (non-hydrogen) atoms. The van der Waals surface area contributed by atoms with E-state index in [1.54, 1.807) is 12.1 Å². The molecule has 0 radical (unpaired) electrons. The van der Waals surface area contributed by atoms with Gasteiger partial charge >= 0.3 is 6.09 Å². The predicted octanol–water partition coefficient (Wildman–Crippen LogP) is 2.14. The number of carbonyl (C=O) groups is 2. The zero-order chi connectivity index (χ0) is 13.5. The molecule has 2 amide bonds. The van der Waals surface area contributed by atoms with Crippen LogP contribution >= 0.6 is 0 Å². The van der Waals surface area contributed by atoms with Gasteiger partial charge in [-0.1, -0.05) is 26.0 Å². The lowest BCUT2D eigenvalue weighted by Crippen LogP contribution is -2.22. The summed E-state index contributed by atoms with van der Waals surface area (Å²) in [6, 6.07) is 7.28. The molecule has 0 aliphatic carbocycles. The molecule has 0 aliphatic rings. The van der Waals surface area contributed by atoms with Crippen LogP contribution in [0.5, 0.6) is 0 Å². The number of hydrogen-bond donors (Lipinski definition) is 2. The molecule has 0 unspecified atom stereocenters. The molecule has 0 bridgehead atoms. The molecule has 98 valence electrons. The van der Waals surface area contributed by atoms with Crippen molar-refractivity contribution in [3.8, 4) is 0 Å². The fraction of sp³-hybridized carbons (Fsp3) is 0.385. The first-order valence-corrected chi connectivity index (χ1v) is 5.74. The Labute approximate surface area is 107 Å². The first-order valence-electron chi connectivity index (χ1n) is 5.74. The monoisotopic (exact) mass is 250 g/mol. The summed E-state index contributed by atoms with van der Waals surface area (Å²) in [4.78, 5) is 22.3. The van der Waals surface area contributed by atoms with Crippen LogP contribution in [0.3, 0.4) is 0 Å². The molecule has 1 aromatic rings. The summed E-state index contributed by atoms with van der Waals surface area (Å²) in [5.74, 6) is -0.0684. The zero-order valence-electron chi connectivity index (χ0n) is 10.8. The molecule has 0 aliphatic heterocycles. The van der Waals surface area contributed by atoms with Crippen LogP contribution in [0.1, 0.15) is 19.4 Å².